The summed E-state index contributed by atoms with van der Waals surface area (Å²) < 4.78 is 59.5. The van der Waals surface area contributed by atoms with Crippen LogP contribution in [0.3, 0.4) is 0 Å². The predicted molar refractivity (Wildman–Crippen MR) is 133 cm³/mol. The van der Waals surface area contributed by atoms with Gasteiger partial charge in [-0.15, -0.1) is 0 Å². The standard InChI is InChI=1S/C24H27N3O6S2/c1-33-21-9-13-23(14-10-21)35(31,32)26-18-16-24(28)27-20-7-11-22(12-8-20)34(29,30)25-17-15-19-5-3-2-4-6-19/h2-14,25-26H,15-18H2,1H3,(H,27,28). The Balaban J connectivity index is 1.46. The van der Waals surface area contributed by atoms with Crippen molar-refractivity contribution in [2.45, 2.75) is 22.6 Å². The largest absolute Gasteiger partial charge is 0.497 e. The van der Waals surface area contributed by atoms with Crippen LogP contribution in [0.2, 0.25) is 0 Å². The van der Waals surface area contributed by atoms with Crippen molar-refractivity contribution in [1.29, 1.82) is 0 Å². The van der Waals surface area contributed by atoms with Crippen LogP contribution in [-0.2, 0) is 31.3 Å². The number of hydrogen-bond donors (Lipinski definition) is 3. The van der Waals surface area contributed by atoms with E-state index in [9.17, 15) is 21.6 Å². The lowest BCUT2D eigenvalue weighted by Gasteiger charge is -2.10. The van der Waals surface area contributed by atoms with Crippen LogP contribution < -0.4 is 19.5 Å². The van der Waals surface area contributed by atoms with Gasteiger partial charge in [0.2, 0.25) is 26.0 Å². The van der Waals surface area contributed by atoms with E-state index in [1.165, 1.54) is 55.6 Å². The van der Waals surface area contributed by atoms with Gasteiger partial charge < -0.3 is 10.1 Å². The van der Waals surface area contributed by atoms with Gasteiger partial charge in [0, 0.05) is 25.2 Å². The van der Waals surface area contributed by atoms with Crippen molar-refractivity contribution >= 4 is 31.6 Å². The molecule has 0 aromatic heterocycles. The Morgan fingerprint density at radius 3 is 1.86 bits per heavy atom. The minimum absolute atomic E-state index is 0.0629. The molecule has 11 heteroatoms. The molecule has 35 heavy (non-hydrogen) atoms. The molecule has 1 amide bonds. The van der Waals surface area contributed by atoms with E-state index in [0.29, 0.717) is 17.9 Å². The molecule has 9 nitrogen and oxygen atoms in total. The number of nitrogens with one attached hydrogen (secondary N) is 3. The summed E-state index contributed by atoms with van der Waals surface area (Å²) in [5.74, 6) is 0.115. The van der Waals surface area contributed by atoms with E-state index < -0.39 is 26.0 Å². The van der Waals surface area contributed by atoms with Gasteiger partial charge in [-0.25, -0.2) is 26.3 Å². The molecule has 0 aliphatic rings. The van der Waals surface area contributed by atoms with Crippen LogP contribution in [0.15, 0.2) is 88.7 Å². The molecule has 0 spiro atoms. The predicted octanol–water partition coefficient (Wildman–Crippen LogP) is 2.52. The Bertz CT molecular complexity index is 1330. The van der Waals surface area contributed by atoms with Gasteiger partial charge in [-0.2, -0.15) is 0 Å². The van der Waals surface area contributed by atoms with Crippen molar-refractivity contribution < 1.29 is 26.4 Å². The molecular formula is C24H27N3O6S2. The molecule has 0 bridgehead atoms. The second kappa shape index (κ2) is 11.9. The Morgan fingerprint density at radius 1 is 0.743 bits per heavy atom. The summed E-state index contributed by atoms with van der Waals surface area (Å²) in [4.78, 5) is 12.3. The van der Waals surface area contributed by atoms with Crippen LogP contribution in [0.25, 0.3) is 0 Å². The molecule has 0 unspecified atom stereocenters. The van der Waals surface area contributed by atoms with E-state index in [1.54, 1.807) is 0 Å². The highest BCUT2D eigenvalue weighted by Gasteiger charge is 2.15. The highest BCUT2D eigenvalue weighted by molar-refractivity contribution is 7.89. The average Bonchev–Trinajstić information content (AvgIpc) is 2.85. The average molecular weight is 518 g/mol. The number of methoxy groups -OCH3 is 1. The van der Waals surface area contributed by atoms with Crippen LogP contribution >= 0.6 is 0 Å². The number of rotatable bonds is 12. The van der Waals surface area contributed by atoms with Crippen molar-refractivity contribution in [2.75, 3.05) is 25.5 Å². The Labute approximate surface area is 205 Å². The maximum Gasteiger partial charge on any atom is 0.240 e. The Kier molecular flexibility index (Phi) is 8.99. The van der Waals surface area contributed by atoms with E-state index in [-0.39, 0.29) is 29.3 Å². The quantitative estimate of drug-likeness (QED) is 0.338. The van der Waals surface area contributed by atoms with Gasteiger partial charge in [-0.05, 0) is 60.5 Å². The summed E-state index contributed by atoms with van der Waals surface area (Å²) in [7, 11) is -5.96. The van der Waals surface area contributed by atoms with Gasteiger partial charge in [-0.1, -0.05) is 30.3 Å². The van der Waals surface area contributed by atoms with E-state index in [2.05, 4.69) is 14.8 Å². The first-order valence-corrected chi connectivity index (χ1v) is 13.7. The number of carbonyl (C=O) groups excluding carboxylic acids is 1. The SMILES string of the molecule is COc1ccc(S(=O)(=O)NCCC(=O)Nc2ccc(S(=O)(=O)NCCc3ccccc3)cc2)cc1. The van der Waals surface area contributed by atoms with Gasteiger partial charge in [-0.3, -0.25) is 4.79 Å². The number of amides is 1. The fourth-order valence-electron chi connectivity index (χ4n) is 3.14. The fraction of sp³-hybridized carbons (Fsp3) is 0.208. The molecule has 0 saturated carbocycles. The van der Waals surface area contributed by atoms with Crippen molar-refractivity contribution in [3.05, 3.63) is 84.4 Å². The van der Waals surface area contributed by atoms with Gasteiger partial charge in [0.05, 0.1) is 16.9 Å². The lowest BCUT2D eigenvalue weighted by Crippen LogP contribution is -2.28. The van der Waals surface area contributed by atoms with Crippen LogP contribution in [0.5, 0.6) is 5.75 Å². The molecule has 0 aliphatic heterocycles. The van der Waals surface area contributed by atoms with E-state index in [4.69, 9.17) is 4.74 Å². The summed E-state index contributed by atoms with van der Waals surface area (Å²) in [6.07, 6.45) is 0.465. The second-order valence-electron chi connectivity index (χ2n) is 7.53. The van der Waals surface area contributed by atoms with E-state index >= 15 is 0 Å². The number of anilines is 1. The fourth-order valence-corrected chi connectivity index (χ4v) is 5.20. The number of carbonyl (C=O) groups is 1. The van der Waals surface area contributed by atoms with Crippen LogP contribution in [-0.4, -0.2) is 42.9 Å². The smallest absolute Gasteiger partial charge is 0.240 e. The van der Waals surface area contributed by atoms with Crippen molar-refractivity contribution in [3.8, 4) is 5.75 Å². The minimum atomic E-state index is -3.76. The molecule has 3 rings (SSSR count). The summed E-state index contributed by atoms with van der Waals surface area (Å²) in [5.41, 5.74) is 1.43. The normalized spacial score (nSPS) is 11.7. The molecule has 3 N–H and O–H groups in total. The molecule has 0 radical (unpaired) electrons. The van der Waals surface area contributed by atoms with Gasteiger partial charge >= 0.3 is 0 Å². The summed E-state index contributed by atoms with van der Waals surface area (Å²) >= 11 is 0. The molecule has 186 valence electrons. The summed E-state index contributed by atoms with van der Waals surface area (Å²) in [5, 5.41) is 2.62. The van der Waals surface area contributed by atoms with Crippen LogP contribution in [0.4, 0.5) is 5.69 Å². The number of sulfonamides is 2. The number of hydrogen-bond acceptors (Lipinski definition) is 6. The van der Waals surface area contributed by atoms with Gasteiger partial charge in [0.1, 0.15) is 5.75 Å². The lowest BCUT2D eigenvalue weighted by atomic mass is 10.2. The number of benzene rings is 3. The van der Waals surface area contributed by atoms with E-state index in [0.717, 1.165) is 5.56 Å². The van der Waals surface area contributed by atoms with Gasteiger partial charge in [0.15, 0.2) is 0 Å². The van der Waals surface area contributed by atoms with E-state index in [1.807, 2.05) is 30.3 Å². The molecular weight excluding hydrogens is 490 g/mol. The molecule has 0 heterocycles. The van der Waals surface area contributed by atoms with Crippen molar-refractivity contribution in [2.24, 2.45) is 0 Å². The zero-order chi connectivity index (χ0) is 25.3. The molecule has 0 saturated heterocycles. The molecule has 3 aromatic carbocycles. The Morgan fingerprint density at radius 2 is 1.29 bits per heavy atom. The van der Waals surface area contributed by atoms with Crippen molar-refractivity contribution in [3.63, 3.8) is 0 Å². The summed E-state index contributed by atoms with van der Waals surface area (Å²) in [6, 6.07) is 21.2. The molecule has 0 atom stereocenters. The van der Waals surface area contributed by atoms with Crippen molar-refractivity contribution in [1.82, 2.24) is 9.44 Å². The van der Waals surface area contributed by atoms with Crippen LogP contribution in [0, 0.1) is 0 Å². The molecule has 0 aliphatic carbocycles. The maximum atomic E-state index is 12.5. The molecule has 3 aromatic rings. The monoisotopic (exact) mass is 517 g/mol. The first-order valence-electron chi connectivity index (χ1n) is 10.8. The number of ether oxygens (including phenoxy) is 1. The maximum absolute atomic E-state index is 12.5. The lowest BCUT2D eigenvalue weighted by molar-refractivity contribution is -0.116. The second-order valence-corrected chi connectivity index (χ2v) is 11.1. The van der Waals surface area contributed by atoms with Crippen LogP contribution in [0.1, 0.15) is 12.0 Å². The highest BCUT2D eigenvalue weighted by Crippen LogP contribution is 2.16. The first kappa shape index (κ1) is 26.4. The first-order chi connectivity index (χ1) is 16.7. The third-order valence-corrected chi connectivity index (χ3v) is 7.96. The molecule has 0 fully saturated rings. The topological polar surface area (TPSA) is 131 Å². The highest BCUT2D eigenvalue weighted by atomic mass is 32.2. The Hall–Kier alpha value is -3.25. The van der Waals surface area contributed by atoms with Gasteiger partial charge in [0.25, 0.3) is 0 Å². The summed E-state index contributed by atoms with van der Waals surface area (Å²) in [6.45, 7) is 0.162. The third kappa shape index (κ3) is 7.89. The minimum Gasteiger partial charge on any atom is -0.497 e. The zero-order valence-electron chi connectivity index (χ0n) is 19.1. The third-order valence-electron chi connectivity index (χ3n) is 5.01. The zero-order valence-corrected chi connectivity index (χ0v) is 20.7.